The molecule has 3 aromatic heterocycles. The Hall–Kier alpha value is -2.79. The second kappa shape index (κ2) is 8.16. The average Bonchev–Trinajstić information content (AvgIpc) is 3.38. The highest BCUT2D eigenvalue weighted by Gasteiger charge is 2.52. The summed E-state index contributed by atoms with van der Waals surface area (Å²) in [5.41, 5.74) is 7.62. The van der Waals surface area contributed by atoms with Crippen LogP contribution in [0.5, 0.6) is 5.75 Å². The highest BCUT2D eigenvalue weighted by molar-refractivity contribution is 9.10. The van der Waals surface area contributed by atoms with Crippen molar-refractivity contribution in [2.75, 3.05) is 18.9 Å². The number of nitrogens with two attached hydrogens (primary N) is 1. The normalized spacial score (nSPS) is 26.1. The quantitative estimate of drug-likeness (QED) is 0.424. The van der Waals surface area contributed by atoms with Crippen molar-refractivity contribution in [2.45, 2.75) is 38.1 Å². The predicted octanol–water partition coefficient (Wildman–Crippen LogP) is 4.07. The van der Waals surface area contributed by atoms with E-state index < -0.39 is 12.0 Å². The van der Waals surface area contributed by atoms with Gasteiger partial charge in [0.05, 0.1) is 17.5 Å². The lowest BCUT2D eigenvalue weighted by atomic mass is 9.97. The fourth-order valence-corrected chi connectivity index (χ4v) is 5.06. The van der Waals surface area contributed by atoms with Gasteiger partial charge in [-0.2, -0.15) is 0 Å². The Morgan fingerprint density at radius 3 is 2.97 bits per heavy atom. The van der Waals surface area contributed by atoms with Crippen LogP contribution in [0.15, 0.2) is 53.5 Å². The Balaban J connectivity index is 1.27. The van der Waals surface area contributed by atoms with Crippen molar-refractivity contribution < 1.29 is 18.9 Å². The number of pyridine rings is 1. The van der Waals surface area contributed by atoms with Gasteiger partial charge in [-0.25, -0.2) is 9.97 Å². The Kier molecular flexibility index (Phi) is 5.21. The monoisotopic (exact) mass is 525 g/mol. The molecule has 5 heterocycles. The van der Waals surface area contributed by atoms with Gasteiger partial charge in [-0.05, 0) is 54.0 Å². The minimum Gasteiger partial charge on any atom is -0.491 e. The van der Waals surface area contributed by atoms with Crippen LogP contribution in [0, 0.1) is 5.92 Å². The molecule has 2 saturated heterocycles. The Bertz CT molecular complexity index is 1380. The third kappa shape index (κ3) is 3.80. The van der Waals surface area contributed by atoms with E-state index in [9.17, 15) is 0 Å². The summed E-state index contributed by atoms with van der Waals surface area (Å²) in [7, 11) is 0. The summed E-state index contributed by atoms with van der Waals surface area (Å²) in [6.07, 6.45) is 4.28. The molecule has 2 aliphatic heterocycles. The molecule has 1 aromatic carbocycles. The Morgan fingerprint density at radius 2 is 2.09 bits per heavy atom. The molecule has 10 heteroatoms. The van der Waals surface area contributed by atoms with Gasteiger partial charge in [-0.15, -0.1) is 0 Å². The van der Waals surface area contributed by atoms with Crippen LogP contribution in [-0.2, 0) is 14.2 Å². The number of hydrogen-bond donors (Lipinski definition) is 1. The maximum absolute atomic E-state index is 6.53. The molecular formula is C24H24BrN5O4. The number of halogens is 1. The van der Waals surface area contributed by atoms with Gasteiger partial charge < -0.3 is 29.2 Å². The zero-order valence-electron chi connectivity index (χ0n) is 18.7. The van der Waals surface area contributed by atoms with Gasteiger partial charge in [0.15, 0.2) is 12.0 Å². The molecule has 4 atom stereocenters. The molecular weight excluding hydrogens is 502 g/mol. The number of nitrogens with zero attached hydrogens (tertiary/aromatic N) is 4. The lowest BCUT2D eigenvalue weighted by Gasteiger charge is -2.39. The lowest BCUT2D eigenvalue weighted by molar-refractivity contribution is -0.295. The third-order valence-corrected chi connectivity index (χ3v) is 6.82. The fourth-order valence-electron chi connectivity index (χ4n) is 4.71. The smallest absolute Gasteiger partial charge is 0.163 e. The van der Waals surface area contributed by atoms with Crippen LogP contribution in [0.25, 0.3) is 21.9 Å². The molecule has 4 aromatic rings. The number of aromatic nitrogens is 4. The summed E-state index contributed by atoms with van der Waals surface area (Å²) in [5, 5.41) is 1.82. The zero-order chi connectivity index (χ0) is 23.4. The topological polar surface area (TPSA) is 107 Å². The van der Waals surface area contributed by atoms with E-state index in [2.05, 4.69) is 30.9 Å². The number of ether oxygens (including phenoxy) is 4. The first-order valence-electron chi connectivity index (χ1n) is 11.1. The van der Waals surface area contributed by atoms with Gasteiger partial charge in [0.1, 0.15) is 42.4 Å². The third-order valence-electron chi connectivity index (χ3n) is 6.39. The fraction of sp³-hybridized carbons (Fsp3) is 0.375. The highest BCUT2D eigenvalue weighted by Crippen LogP contribution is 2.43. The van der Waals surface area contributed by atoms with Gasteiger partial charge >= 0.3 is 0 Å². The summed E-state index contributed by atoms with van der Waals surface area (Å²) < 4.78 is 27.9. The van der Waals surface area contributed by atoms with Crippen molar-refractivity contribution in [3.05, 3.63) is 53.5 Å². The molecule has 34 heavy (non-hydrogen) atoms. The number of rotatable bonds is 4. The van der Waals surface area contributed by atoms with E-state index in [-0.39, 0.29) is 18.1 Å². The summed E-state index contributed by atoms with van der Waals surface area (Å²) in [6.45, 7) is 4.69. The molecule has 9 nitrogen and oxygen atoms in total. The van der Waals surface area contributed by atoms with E-state index in [1.807, 2.05) is 54.9 Å². The molecule has 0 unspecified atom stereocenters. The van der Waals surface area contributed by atoms with Crippen LogP contribution in [0.4, 0.5) is 5.82 Å². The minimum absolute atomic E-state index is 0.0100. The van der Waals surface area contributed by atoms with Crippen LogP contribution in [0.3, 0.4) is 0 Å². The van der Waals surface area contributed by atoms with Crippen molar-refractivity contribution in [2.24, 2.45) is 5.92 Å². The number of anilines is 1. The first-order valence-corrected chi connectivity index (χ1v) is 11.9. The predicted molar refractivity (Wildman–Crippen MR) is 129 cm³/mol. The summed E-state index contributed by atoms with van der Waals surface area (Å²) in [6, 6.07) is 9.79. The summed E-state index contributed by atoms with van der Waals surface area (Å²) in [5.74, 6) is 0.441. The van der Waals surface area contributed by atoms with E-state index in [1.54, 1.807) is 6.20 Å². The number of benzene rings is 1. The molecule has 0 amide bonds. The van der Waals surface area contributed by atoms with Gasteiger partial charge in [0.2, 0.25) is 0 Å². The Labute approximate surface area is 204 Å². The van der Waals surface area contributed by atoms with E-state index in [0.717, 1.165) is 26.5 Å². The van der Waals surface area contributed by atoms with Crippen molar-refractivity contribution in [3.63, 3.8) is 0 Å². The van der Waals surface area contributed by atoms with Gasteiger partial charge in [-0.3, -0.25) is 4.98 Å². The van der Waals surface area contributed by atoms with Crippen molar-refractivity contribution in [1.82, 2.24) is 19.5 Å². The van der Waals surface area contributed by atoms with Crippen LogP contribution >= 0.6 is 15.9 Å². The number of hydrogen-bond acceptors (Lipinski definition) is 8. The van der Waals surface area contributed by atoms with Gasteiger partial charge in [0, 0.05) is 34.2 Å². The van der Waals surface area contributed by atoms with Crippen LogP contribution in [0.2, 0.25) is 0 Å². The SMILES string of the molecule is CC1(C)OC[C@H]2[C@@H](O1)[C@H](n1ccc3c(N)ncnc31)O[C@@H]2COc1ccc2cc(Br)cnc2c1. The van der Waals surface area contributed by atoms with Crippen LogP contribution in [-0.4, -0.2) is 50.7 Å². The summed E-state index contributed by atoms with van der Waals surface area (Å²) in [4.78, 5) is 13.0. The molecule has 2 fully saturated rings. The molecule has 0 spiro atoms. The first-order chi connectivity index (χ1) is 16.4. The molecule has 0 saturated carbocycles. The molecule has 6 rings (SSSR count). The molecule has 2 N–H and O–H groups in total. The summed E-state index contributed by atoms with van der Waals surface area (Å²) >= 11 is 3.46. The maximum Gasteiger partial charge on any atom is 0.163 e. The van der Waals surface area contributed by atoms with E-state index in [0.29, 0.717) is 24.7 Å². The van der Waals surface area contributed by atoms with Gasteiger partial charge in [-0.1, -0.05) is 0 Å². The first kappa shape index (κ1) is 21.7. The maximum atomic E-state index is 6.53. The molecule has 0 aliphatic carbocycles. The van der Waals surface area contributed by atoms with E-state index in [1.165, 1.54) is 6.33 Å². The Morgan fingerprint density at radius 1 is 1.21 bits per heavy atom. The van der Waals surface area contributed by atoms with Crippen LogP contribution < -0.4 is 10.5 Å². The standard InChI is InChI=1S/C24H24BrN5O4/c1-24(2)32-10-17-19(11-31-15-4-3-13-7-14(25)9-27-18(13)8-15)33-23(20(17)34-24)30-6-5-16-21(26)28-12-29-22(16)30/h3-9,12,17,19-20,23H,10-11H2,1-2H3,(H2,26,28,29)/t17-,19-,20-,23-/m1/s1. The number of fused-ring (bicyclic) bond motifs is 3. The second-order valence-electron chi connectivity index (χ2n) is 9.06. The zero-order valence-corrected chi connectivity index (χ0v) is 20.3. The van der Waals surface area contributed by atoms with Crippen molar-refractivity contribution in [3.8, 4) is 5.75 Å². The highest BCUT2D eigenvalue weighted by atomic mass is 79.9. The second-order valence-corrected chi connectivity index (χ2v) is 9.98. The number of nitrogen functional groups attached to an aromatic ring is 1. The molecule has 0 radical (unpaired) electrons. The van der Waals surface area contributed by atoms with Crippen molar-refractivity contribution >= 4 is 43.7 Å². The van der Waals surface area contributed by atoms with Crippen molar-refractivity contribution in [1.29, 1.82) is 0 Å². The largest absolute Gasteiger partial charge is 0.491 e. The van der Waals surface area contributed by atoms with E-state index in [4.69, 9.17) is 24.7 Å². The molecule has 0 bridgehead atoms. The molecule has 176 valence electrons. The van der Waals surface area contributed by atoms with E-state index >= 15 is 0 Å². The lowest BCUT2D eigenvalue weighted by Crippen LogP contribution is -2.48. The minimum atomic E-state index is -0.715. The van der Waals surface area contributed by atoms with Crippen LogP contribution in [0.1, 0.15) is 20.1 Å². The van der Waals surface area contributed by atoms with Gasteiger partial charge in [0.25, 0.3) is 0 Å². The molecule has 2 aliphatic rings. The average molecular weight is 526 g/mol.